The Morgan fingerprint density at radius 1 is 0.564 bits per heavy atom. The molecule has 1 aliphatic rings. The normalized spacial score (nSPS) is 12.2. The van der Waals surface area contributed by atoms with Crippen LogP contribution in [0.5, 0.6) is 0 Å². The highest BCUT2D eigenvalue weighted by atomic mass is 16.6. The minimum atomic E-state index is -1.07. The van der Waals surface area contributed by atoms with Gasteiger partial charge in [0.05, 0.1) is 19.1 Å². The smallest absolute Gasteiger partial charge is 0.410 e. The summed E-state index contributed by atoms with van der Waals surface area (Å²) in [5.41, 5.74) is 13.2. The molecular weight excluding hydrogens is 1270 g/mol. The number of urea groups is 1. The number of carboxylic acid groups (broad SMARTS) is 1. The standard InChI is InChI=1S/C43H49N5O7.C21H19NO.C18H17NO4/c1-26(2)40(46-27(3)49)37(51)23-33(9-6-22-45-42(44)53)41(52)47-34-18-10-28(11-19-34)25-55-43(54)48(4)24-35(50)20-16-29-12-13-32-15-14-30-7-5-8-31-17-21-36(29)39(32)38(30)31;1-22-13-18(23)11-9-14-5-6-17-8-7-15-3-2-4-16-10-12-19(14)21(17)20(15)16;1-19(10-17(20)21)18(22)23-11-16-14-8-4-2-6-12(14)13-7-3-5-9-15(13)16/h5,7-8,10-15,17-19,21,26,33,40H,6,9,16,20,22-25H2,1-4H3,(H,46,49)(H,47,52)(H3,44,45,53);2-8,10,12,22H,9,11,13H2,1H3;2-9,16H,10-11H2,1H3,(H,20,21)/t33-,40+;;/m1../s1. The maximum absolute atomic E-state index is 13.3. The van der Waals surface area contributed by atoms with Crippen LogP contribution in [0.25, 0.3) is 75.8 Å². The number of aryl methyl sites for hydroxylation is 2. The lowest BCUT2D eigenvalue weighted by atomic mass is 9.89. The van der Waals surface area contributed by atoms with Gasteiger partial charge in [-0.25, -0.2) is 14.4 Å². The fourth-order valence-corrected chi connectivity index (χ4v) is 13.5. The molecule has 6 amide bonds. The zero-order chi connectivity index (χ0) is 71.9. The van der Waals surface area contributed by atoms with E-state index in [1.54, 1.807) is 24.3 Å². The first-order chi connectivity index (χ1) is 48.6. The number of Topliss-reactive ketones (excluding diaryl/α,β-unsaturated/α-hetero) is 3. The van der Waals surface area contributed by atoms with Crippen molar-refractivity contribution < 1.29 is 57.7 Å². The summed E-state index contributed by atoms with van der Waals surface area (Å²) < 4.78 is 10.8. The minimum absolute atomic E-state index is 0.0235. The molecule has 0 unspecified atom stereocenters. The average molecular weight is 1360 g/mol. The van der Waals surface area contributed by atoms with Crippen molar-refractivity contribution in [3.05, 3.63) is 210 Å². The van der Waals surface area contributed by atoms with E-state index < -0.39 is 36.1 Å². The van der Waals surface area contributed by atoms with E-state index >= 15 is 0 Å². The second-order valence-electron chi connectivity index (χ2n) is 26.1. The van der Waals surface area contributed by atoms with Gasteiger partial charge in [0.25, 0.3) is 0 Å². The maximum Gasteiger partial charge on any atom is 0.410 e. The number of fused-ring (bicyclic) bond motifs is 3. The molecule has 11 aromatic rings. The summed E-state index contributed by atoms with van der Waals surface area (Å²) in [6.45, 7) is 5.35. The van der Waals surface area contributed by atoms with Gasteiger partial charge in [-0.1, -0.05) is 184 Å². The van der Waals surface area contributed by atoms with Gasteiger partial charge < -0.3 is 51.4 Å². The van der Waals surface area contributed by atoms with E-state index in [1.165, 1.54) is 85.3 Å². The summed E-state index contributed by atoms with van der Waals surface area (Å²) in [6, 6.07) is 60.0. The molecule has 0 aliphatic heterocycles. The van der Waals surface area contributed by atoms with Crippen LogP contribution in [0.3, 0.4) is 0 Å². The Morgan fingerprint density at radius 2 is 1.05 bits per heavy atom. The third-order valence-electron chi connectivity index (χ3n) is 18.5. The van der Waals surface area contributed by atoms with Gasteiger partial charge in [-0.3, -0.25) is 28.8 Å². The van der Waals surface area contributed by atoms with Gasteiger partial charge in [-0.2, -0.15) is 0 Å². The van der Waals surface area contributed by atoms with Gasteiger partial charge in [-0.15, -0.1) is 0 Å². The molecule has 0 saturated carbocycles. The number of primary amides is 1. The van der Waals surface area contributed by atoms with Crippen molar-refractivity contribution in [2.45, 2.75) is 84.3 Å². The number of carbonyl (C=O) groups excluding carboxylic acids is 8. The lowest BCUT2D eigenvalue weighted by Crippen LogP contribution is -2.44. The number of hydrogen-bond acceptors (Lipinski definition) is 12. The third kappa shape index (κ3) is 18.0. The zero-order valence-electron chi connectivity index (χ0n) is 57.7. The Bertz CT molecular complexity index is 4760. The first-order valence-corrected chi connectivity index (χ1v) is 34.0. The minimum Gasteiger partial charge on any atom is -0.480 e. The van der Waals surface area contributed by atoms with Crippen molar-refractivity contribution in [2.75, 3.05) is 59.2 Å². The van der Waals surface area contributed by atoms with Crippen LogP contribution in [0.1, 0.15) is 86.6 Å². The molecule has 11 aromatic carbocycles. The lowest BCUT2D eigenvalue weighted by molar-refractivity contribution is -0.137. The second kappa shape index (κ2) is 33.5. The van der Waals surface area contributed by atoms with Crippen LogP contribution in [0, 0.1) is 11.8 Å². The number of aliphatic carboxylic acids is 1. The monoisotopic (exact) mass is 1360 g/mol. The molecule has 0 radical (unpaired) electrons. The molecule has 0 saturated heterocycles. The number of ether oxygens (including phenoxy) is 2. The Balaban J connectivity index is 0.000000194. The number of carboxylic acids is 1. The van der Waals surface area contributed by atoms with Gasteiger partial charge in [0.2, 0.25) is 11.8 Å². The van der Waals surface area contributed by atoms with Crippen molar-refractivity contribution in [2.24, 2.45) is 17.6 Å². The van der Waals surface area contributed by atoms with Crippen LogP contribution in [-0.2, 0) is 57.7 Å². The van der Waals surface area contributed by atoms with Crippen LogP contribution in [0.15, 0.2) is 182 Å². The largest absolute Gasteiger partial charge is 0.480 e. The van der Waals surface area contributed by atoms with Gasteiger partial charge in [0.15, 0.2) is 11.6 Å². The van der Waals surface area contributed by atoms with Gasteiger partial charge in [-0.05, 0) is 154 Å². The van der Waals surface area contributed by atoms with Crippen LogP contribution in [0.4, 0.5) is 20.1 Å². The molecule has 0 aromatic heterocycles. The van der Waals surface area contributed by atoms with E-state index in [0.29, 0.717) is 43.5 Å². The molecule has 12 rings (SSSR count). The van der Waals surface area contributed by atoms with Crippen molar-refractivity contribution >= 4 is 124 Å². The SMILES string of the molecule is CC(=O)N[C@H](C(=O)C[C@@H](CCCNC(N)=O)C(=O)Nc1ccc(COC(=O)N(C)CC(=O)CCc2ccc3ccc4cccc5ccc2c3c45)cc1)C(C)C.CN(CC(=O)O)C(=O)OCC1c2ccccc2-c2ccccc21.CNCC(=O)CCc1ccc2ccc3cccc4ccc1c2c34. The predicted molar refractivity (Wildman–Crippen MR) is 396 cm³/mol. The summed E-state index contributed by atoms with van der Waals surface area (Å²) in [5.74, 6) is -2.79. The molecule has 7 N–H and O–H groups in total. The van der Waals surface area contributed by atoms with Crippen LogP contribution in [0.2, 0.25) is 0 Å². The fraction of sp³-hybridized carbons (Fsp3) is 0.280. The lowest BCUT2D eigenvalue weighted by Gasteiger charge is -2.23. The van der Waals surface area contributed by atoms with E-state index in [4.69, 9.17) is 20.3 Å². The Morgan fingerprint density at radius 3 is 1.55 bits per heavy atom. The summed E-state index contributed by atoms with van der Waals surface area (Å²) in [6.07, 6.45) is 1.56. The van der Waals surface area contributed by atoms with Gasteiger partial charge in [0.1, 0.15) is 25.5 Å². The molecule has 0 bridgehead atoms. The predicted octanol–water partition coefficient (Wildman–Crippen LogP) is 13.7. The number of carbonyl (C=O) groups is 9. The van der Waals surface area contributed by atoms with Crippen molar-refractivity contribution in [1.29, 1.82) is 0 Å². The molecule has 19 nitrogen and oxygen atoms in total. The van der Waals surface area contributed by atoms with E-state index in [0.717, 1.165) is 49.9 Å². The first kappa shape index (κ1) is 72.4. The maximum atomic E-state index is 13.3. The summed E-state index contributed by atoms with van der Waals surface area (Å²) in [7, 11) is 4.75. The first-order valence-electron chi connectivity index (χ1n) is 34.0. The molecule has 19 heteroatoms. The molecular formula is C82H85N7O12. The number of hydrogen-bond donors (Lipinski definition) is 6. The third-order valence-corrected chi connectivity index (χ3v) is 18.5. The van der Waals surface area contributed by atoms with Crippen LogP contribution >= 0.6 is 0 Å². The molecule has 101 heavy (non-hydrogen) atoms. The molecule has 0 fully saturated rings. The Kier molecular flexibility index (Phi) is 24.0. The number of benzene rings is 11. The highest BCUT2D eigenvalue weighted by molar-refractivity contribution is 6.25. The second-order valence-corrected chi connectivity index (χ2v) is 26.1. The number of anilines is 1. The summed E-state index contributed by atoms with van der Waals surface area (Å²) in [4.78, 5) is 112. The fourth-order valence-electron chi connectivity index (χ4n) is 13.5. The Hall–Kier alpha value is -11.3. The molecule has 1 aliphatic carbocycles. The number of amides is 6. The molecule has 2 atom stereocenters. The summed E-state index contributed by atoms with van der Waals surface area (Å²) in [5, 5.41) is 34.6. The molecule has 0 heterocycles. The van der Waals surface area contributed by atoms with Gasteiger partial charge in [0, 0.05) is 64.3 Å². The number of rotatable bonds is 27. The molecule has 520 valence electrons. The van der Waals surface area contributed by atoms with E-state index in [1.807, 2.05) is 57.3 Å². The van der Waals surface area contributed by atoms with Gasteiger partial charge >= 0.3 is 24.2 Å². The average Bonchev–Trinajstić information content (AvgIpc) is 1.47. The number of nitrogens with two attached hydrogens (primary N) is 1. The van der Waals surface area contributed by atoms with E-state index in [9.17, 15) is 43.2 Å². The zero-order valence-corrected chi connectivity index (χ0v) is 57.7. The van der Waals surface area contributed by atoms with Crippen LogP contribution in [-0.4, -0.2) is 128 Å². The van der Waals surface area contributed by atoms with Crippen molar-refractivity contribution in [1.82, 2.24) is 25.8 Å². The number of nitrogens with one attached hydrogen (secondary N) is 4. The van der Waals surface area contributed by atoms with Crippen molar-refractivity contribution in [3.63, 3.8) is 0 Å². The molecule has 0 spiro atoms. The quantitative estimate of drug-likeness (QED) is 0.0207. The topological polar surface area (TPSA) is 273 Å². The van der Waals surface area contributed by atoms with Crippen LogP contribution < -0.4 is 27.0 Å². The van der Waals surface area contributed by atoms with E-state index in [2.05, 4.69) is 143 Å². The number of likely N-dealkylation sites (N-methyl/N-ethyl adjacent to an activating group) is 3. The summed E-state index contributed by atoms with van der Waals surface area (Å²) >= 11 is 0. The van der Waals surface area contributed by atoms with Crippen molar-refractivity contribution in [3.8, 4) is 11.1 Å². The van der Waals surface area contributed by atoms with E-state index in [-0.39, 0.29) is 86.7 Å². The highest BCUT2D eigenvalue weighted by Gasteiger charge is 2.31. The Labute approximate surface area is 586 Å². The number of nitrogens with zero attached hydrogens (tertiary/aromatic N) is 2. The highest BCUT2D eigenvalue weighted by Crippen LogP contribution is 2.45. The number of ketones is 3.